The number of hydrogen-bond donors (Lipinski definition) is 0. The number of aryl methyl sites for hydroxylation is 2. The summed E-state index contributed by atoms with van der Waals surface area (Å²) in [5.74, 6) is 2.48. The molecule has 3 atom stereocenters. The molecule has 0 saturated heterocycles. The first-order valence-electron chi connectivity index (χ1n) is 11.6. The Morgan fingerprint density at radius 2 is 1.84 bits per heavy atom. The van der Waals surface area contributed by atoms with Gasteiger partial charge >= 0.3 is 5.97 Å². The summed E-state index contributed by atoms with van der Waals surface area (Å²) in [5.41, 5.74) is 4.48. The van der Waals surface area contributed by atoms with Crippen molar-refractivity contribution in [2.75, 3.05) is 0 Å². The summed E-state index contributed by atoms with van der Waals surface area (Å²) < 4.78 is 10.4. The highest BCUT2D eigenvalue weighted by atomic mass is 16.5. The van der Waals surface area contributed by atoms with Crippen molar-refractivity contribution in [3.63, 3.8) is 0 Å². The molecule has 0 aliphatic heterocycles. The lowest BCUT2D eigenvalue weighted by Gasteiger charge is -2.36. The van der Waals surface area contributed by atoms with Crippen LogP contribution in [-0.2, 0) is 23.1 Å². The summed E-state index contributed by atoms with van der Waals surface area (Å²) in [6.45, 7) is 9.08. The maximum absolute atomic E-state index is 13.2. The largest absolute Gasteiger partial charge is 0.459 e. The lowest BCUT2D eigenvalue weighted by molar-refractivity contribution is -0.634. The standard InChI is InChI=1S/C27H35N2O2/c1-18(2)22-15-12-20(4)16-25(22)31-26(30)17-29-24-9-7-6-8-23(24)28(5)27(29)21-13-10-19(3)11-14-21/h6-11,13-14,18,20,22,25H,12,15-17H2,1-5H3/q+1/t20-,22+,25?/m1/s1. The van der Waals surface area contributed by atoms with Gasteiger partial charge in [-0.15, -0.1) is 0 Å². The van der Waals surface area contributed by atoms with Gasteiger partial charge in [-0.3, -0.25) is 0 Å². The van der Waals surface area contributed by atoms with E-state index in [1.54, 1.807) is 0 Å². The summed E-state index contributed by atoms with van der Waals surface area (Å²) in [5, 5.41) is 0. The molecular formula is C27H35N2O2+. The van der Waals surface area contributed by atoms with Crippen LogP contribution in [0.3, 0.4) is 0 Å². The van der Waals surface area contributed by atoms with Crippen molar-refractivity contribution in [3.05, 3.63) is 54.1 Å². The molecule has 2 aromatic carbocycles. The van der Waals surface area contributed by atoms with Crippen molar-refractivity contribution in [3.8, 4) is 11.4 Å². The number of para-hydroxylation sites is 2. The Kier molecular flexibility index (Phi) is 6.17. The Morgan fingerprint density at radius 1 is 1.13 bits per heavy atom. The van der Waals surface area contributed by atoms with Crippen LogP contribution in [0.15, 0.2) is 48.5 Å². The Morgan fingerprint density at radius 3 is 2.55 bits per heavy atom. The summed E-state index contributed by atoms with van der Waals surface area (Å²) in [7, 11) is 2.07. The fourth-order valence-corrected chi connectivity index (χ4v) is 5.18. The van der Waals surface area contributed by atoms with Crippen molar-refractivity contribution in [2.24, 2.45) is 24.8 Å². The predicted molar refractivity (Wildman–Crippen MR) is 125 cm³/mol. The predicted octanol–water partition coefficient (Wildman–Crippen LogP) is 5.45. The molecule has 1 fully saturated rings. The molecule has 0 spiro atoms. The molecule has 1 unspecified atom stereocenters. The van der Waals surface area contributed by atoms with E-state index in [9.17, 15) is 4.79 Å². The van der Waals surface area contributed by atoms with E-state index in [1.807, 2.05) is 12.1 Å². The lowest BCUT2D eigenvalue weighted by Crippen LogP contribution is -2.37. The second-order valence-electron chi connectivity index (χ2n) is 9.68. The average Bonchev–Trinajstić information content (AvgIpc) is 3.00. The van der Waals surface area contributed by atoms with E-state index >= 15 is 0 Å². The first-order chi connectivity index (χ1) is 14.8. The highest BCUT2D eigenvalue weighted by molar-refractivity contribution is 5.79. The maximum Gasteiger partial charge on any atom is 0.348 e. The van der Waals surface area contributed by atoms with Crippen molar-refractivity contribution in [1.82, 2.24) is 4.57 Å². The molecule has 0 N–H and O–H groups in total. The third kappa shape index (κ3) is 4.39. The Bertz CT molecular complexity index is 1060. The number of carbonyl (C=O) groups is 1. The Labute approximate surface area is 185 Å². The molecule has 0 amide bonds. The molecule has 4 nitrogen and oxygen atoms in total. The van der Waals surface area contributed by atoms with Gasteiger partial charge in [0.15, 0.2) is 17.6 Å². The molecule has 1 heterocycles. The van der Waals surface area contributed by atoms with E-state index in [2.05, 4.69) is 80.3 Å². The van der Waals surface area contributed by atoms with Gasteiger partial charge in [0.1, 0.15) is 6.10 Å². The van der Waals surface area contributed by atoms with Crippen LogP contribution in [0.2, 0.25) is 0 Å². The number of fused-ring (bicyclic) bond motifs is 1. The van der Waals surface area contributed by atoms with Crippen molar-refractivity contribution in [2.45, 2.75) is 59.6 Å². The fraction of sp³-hybridized carbons (Fsp3) is 0.481. The van der Waals surface area contributed by atoms with Crippen LogP contribution in [-0.4, -0.2) is 16.6 Å². The minimum absolute atomic E-state index is 0.0228. The van der Waals surface area contributed by atoms with E-state index in [1.165, 1.54) is 12.0 Å². The summed E-state index contributed by atoms with van der Waals surface area (Å²) in [6.07, 6.45) is 3.37. The van der Waals surface area contributed by atoms with Gasteiger partial charge in [0.25, 0.3) is 5.82 Å². The number of aromatic nitrogens is 2. The number of hydrogen-bond acceptors (Lipinski definition) is 2. The maximum atomic E-state index is 13.2. The monoisotopic (exact) mass is 419 g/mol. The van der Waals surface area contributed by atoms with Gasteiger partial charge in [0, 0.05) is 0 Å². The molecule has 164 valence electrons. The van der Waals surface area contributed by atoms with Gasteiger partial charge in [0.2, 0.25) is 0 Å². The van der Waals surface area contributed by atoms with Crippen LogP contribution in [0.1, 0.15) is 45.6 Å². The number of esters is 1. The third-order valence-electron chi connectivity index (χ3n) is 6.95. The molecule has 31 heavy (non-hydrogen) atoms. The van der Waals surface area contributed by atoms with Gasteiger partial charge in [-0.25, -0.2) is 13.9 Å². The van der Waals surface area contributed by atoms with Gasteiger partial charge in [-0.05, 0) is 61.8 Å². The van der Waals surface area contributed by atoms with E-state index in [0.717, 1.165) is 35.3 Å². The molecule has 1 saturated carbocycles. The normalized spacial score (nSPS) is 21.5. The van der Waals surface area contributed by atoms with E-state index in [4.69, 9.17) is 4.74 Å². The number of imidazole rings is 1. The molecule has 4 heteroatoms. The van der Waals surface area contributed by atoms with Crippen molar-refractivity contribution < 1.29 is 14.1 Å². The van der Waals surface area contributed by atoms with Crippen LogP contribution < -0.4 is 4.57 Å². The average molecular weight is 420 g/mol. The second kappa shape index (κ2) is 8.86. The van der Waals surface area contributed by atoms with Crippen LogP contribution in [0.4, 0.5) is 0 Å². The molecule has 1 aromatic heterocycles. The van der Waals surface area contributed by atoms with E-state index in [0.29, 0.717) is 17.8 Å². The number of ether oxygens (including phenoxy) is 1. The SMILES string of the molecule is Cc1ccc(-c2n(CC(=O)OC3C[C@H](C)CC[C@H]3C(C)C)c3ccccc3[n+]2C)cc1. The van der Waals surface area contributed by atoms with Crippen molar-refractivity contribution in [1.29, 1.82) is 0 Å². The molecule has 0 radical (unpaired) electrons. The number of rotatable bonds is 5. The van der Waals surface area contributed by atoms with E-state index in [-0.39, 0.29) is 18.6 Å². The molecule has 1 aliphatic rings. The highest BCUT2D eigenvalue weighted by Gasteiger charge is 2.34. The molecule has 0 bridgehead atoms. The highest BCUT2D eigenvalue weighted by Crippen LogP contribution is 2.35. The van der Waals surface area contributed by atoms with Crippen LogP contribution in [0.5, 0.6) is 0 Å². The topological polar surface area (TPSA) is 35.1 Å². The molecule has 3 aromatic rings. The first-order valence-corrected chi connectivity index (χ1v) is 11.6. The van der Waals surface area contributed by atoms with Crippen LogP contribution >= 0.6 is 0 Å². The van der Waals surface area contributed by atoms with Gasteiger partial charge in [-0.2, -0.15) is 0 Å². The zero-order valence-electron chi connectivity index (χ0n) is 19.5. The summed E-state index contributed by atoms with van der Waals surface area (Å²) in [4.78, 5) is 13.2. The zero-order valence-corrected chi connectivity index (χ0v) is 19.5. The molecular weight excluding hydrogens is 384 g/mol. The summed E-state index contributed by atoms with van der Waals surface area (Å²) >= 11 is 0. The Hall–Kier alpha value is -2.62. The Balaban J connectivity index is 1.67. The second-order valence-corrected chi connectivity index (χ2v) is 9.68. The first kappa shape index (κ1) is 21.6. The number of benzene rings is 2. The van der Waals surface area contributed by atoms with Crippen molar-refractivity contribution >= 4 is 17.0 Å². The molecule has 4 rings (SSSR count). The van der Waals surface area contributed by atoms with Gasteiger partial charge < -0.3 is 4.74 Å². The van der Waals surface area contributed by atoms with Crippen LogP contribution in [0.25, 0.3) is 22.4 Å². The smallest absolute Gasteiger partial charge is 0.348 e. The number of carbonyl (C=O) groups excluding carboxylic acids is 1. The lowest BCUT2D eigenvalue weighted by atomic mass is 9.75. The fourth-order valence-electron chi connectivity index (χ4n) is 5.18. The quantitative estimate of drug-likeness (QED) is 0.407. The van der Waals surface area contributed by atoms with Gasteiger partial charge in [0.05, 0.1) is 12.6 Å². The minimum atomic E-state index is -0.139. The van der Waals surface area contributed by atoms with Crippen LogP contribution in [0, 0.1) is 24.7 Å². The van der Waals surface area contributed by atoms with E-state index < -0.39 is 0 Å². The minimum Gasteiger partial charge on any atom is -0.459 e. The summed E-state index contributed by atoms with van der Waals surface area (Å²) in [6, 6.07) is 16.7. The van der Waals surface area contributed by atoms with Gasteiger partial charge in [-0.1, -0.05) is 57.0 Å². The molecule has 1 aliphatic carbocycles. The zero-order chi connectivity index (χ0) is 22.1. The number of nitrogens with zero attached hydrogens (tertiary/aromatic N) is 2. The third-order valence-corrected chi connectivity index (χ3v) is 6.95.